The number of amides is 8. The van der Waals surface area contributed by atoms with Crippen molar-refractivity contribution in [3.05, 3.63) is 83.1 Å². The molecule has 2 aliphatic heterocycles. The lowest BCUT2D eigenvalue weighted by Gasteiger charge is -2.35. The Morgan fingerprint density at radius 1 is 0.598 bits per heavy atom. The highest BCUT2D eigenvalue weighted by Gasteiger charge is 2.32. The van der Waals surface area contributed by atoms with E-state index in [4.69, 9.17) is 4.42 Å². The van der Waals surface area contributed by atoms with E-state index in [1.54, 1.807) is 9.80 Å². The van der Waals surface area contributed by atoms with Crippen LogP contribution in [0.1, 0.15) is 163 Å². The quantitative estimate of drug-likeness (QED) is 0.0121. The molecule has 6 N–H and O–H groups in total. The molecule has 24 nitrogen and oxygen atoms in total. The van der Waals surface area contributed by atoms with Gasteiger partial charge in [-0.3, -0.25) is 38.4 Å². The Labute approximate surface area is 574 Å². The maximum Gasteiger partial charge on any atom is 0.254 e. The number of benzene rings is 3. The minimum Gasteiger partial charge on any atom is -0.748 e. The van der Waals surface area contributed by atoms with Crippen molar-refractivity contribution in [2.24, 2.45) is 17.8 Å². The number of hydrogen-bond acceptors (Lipinski definition) is 15. The van der Waals surface area contributed by atoms with Crippen molar-refractivity contribution < 1.29 is 64.2 Å². The molecule has 1 fully saturated rings. The molecule has 0 saturated carbocycles. The predicted molar refractivity (Wildman–Crippen MR) is 377 cm³/mol. The van der Waals surface area contributed by atoms with Crippen LogP contribution in [0.4, 0.5) is 5.69 Å². The SMILES string of the molecule is CCN(CC)c1ccc2c(-c3ccccc3C(=O)N3CCN(C(=O)CCCCC(=O)N[C@@H](CS(=O)(=O)[O-])C(=O)NCCCCC(=O)NCCCCC(=O)N[C@@H](CC(C)C)C(=O)N[C@@H](CC(C)C)C(=O)N[C@H](/C=C/S(C)(=O)=O)CC(C)C)CC3)c3ccc(=[N+](CC)CC)cc-3oc2c1. The van der Waals surface area contributed by atoms with Gasteiger partial charge in [0.15, 0.2) is 9.84 Å². The normalized spacial score (nSPS) is 14.1. The molecule has 0 spiro atoms. The second-order valence-corrected chi connectivity index (χ2v) is 29.7. The zero-order chi connectivity index (χ0) is 71.6. The van der Waals surface area contributed by atoms with Gasteiger partial charge in [0.1, 0.15) is 42.6 Å². The smallest absolute Gasteiger partial charge is 0.254 e. The molecule has 536 valence electrons. The molecule has 1 aliphatic carbocycles. The van der Waals surface area contributed by atoms with Crippen molar-refractivity contribution >= 4 is 83.9 Å². The highest BCUT2D eigenvalue weighted by atomic mass is 32.2. The fraction of sp³-hybridized carbons (Fsp3) is 0.592. The largest absolute Gasteiger partial charge is 0.748 e. The lowest BCUT2D eigenvalue weighted by molar-refractivity contribution is -0.133. The zero-order valence-electron chi connectivity index (χ0n) is 58.8. The fourth-order valence-corrected chi connectivity index (χ4v) is 13.1. The first kappa shape index (κ1) is 80.0. The van der Waals surface area contributed by atoms with Crippen LogP contribution in [-0.2, 0) is 53.5 Å². The molecular weight excluding hydrogens is 1280 g/mol. The second kappa shape index (κ2) is 39.0. The molecule has 4 atom stereocenters. The third-order valence-electron chi connectivity index (χ3n) is 17.0. The number of anilines is 1. The molecule has 26 heteroatoms. The van der Waals surface area contributed by atoms with E-state index in [-0.39, 0.29) is 86.6 Å². The van der Waals surface area contributed by atoms with Crippen molar-refractivity contribution in [3.8, 4) is 22.5 Å². The van der Waals surface area contributed by atoms with Gasteiger partial charge in [-0.05, 0) is 133 Å². The van der Waals surface area contributed by atoms with Crippen LogP contribution in [0, 0.1) is 17.8 Å². The van der Waals surface area contributed by atoms with Crippen molar-refractivity contribution in [1.82, 2.24) is 46.3 Å². The maximum absolute atomic E-state index is 14.6. The molecular formula is C71H106N10O14S2. The Balaban J connectivity index is 1.02. The molecule has 0 bridgehead atoms. The van der Waals surface area contributed by atoms with E-state index < -0.39 is 73.5 Å². The first-order valence-corrected chi connectivity index (χ1v) is 38.0. The summed E-state index contributed by atoms with van der Waals surface area (Å²) >= 11 is 0. The molecule has 2 aromatic rings. The summed E-state index contributed by atoms with van der Waals surface area (Å²) in [5.41, 5.74) is 4.82. The van der Waals surface area contributed by atoms with Gasteiger partial charge in [-0.25, -0.2) is 21.4 Å². The van der Waals surface area contributed by atoms with Crippen LogP contribution in [-0.4, -0.2) is 180 Å². The van der Waals surface area contributed by atoms with Gasteiger partial charge in [0.25, 0.3) is 5.91 Å². The average molecular weight is 1390 g/mol. The molecule has 0 aromatic heterocycles. The molecule has 97 heavy (non-hydrogen) atoms. The molecule has 3 aliphatic rings. The molecule has 0 radical (unpaired) electrons. The summed E-state index contributed by atoms with van der Waals surface area (Å²) in [4.78, 5) is 113. The van der Waals surface area contributed by atoms with Gasteiger partial charge in [0, 0.05) is 136 Å². The lowest BCUT2D eigenvalue weighted by atomic mass is 9.90. The van der Waals surface area contributed by atoms with Gasteiger partial charge in [0.05, 0.1) is 21.9 Å². The van der Waals surface area contributed by atoms with E-state index in [1.165, 1.54) is 6.08 Å². The summed E-state index contributed by atoms with van der Waals surface area (Å²) in [7, 11) is -8.40. The number of unbranched alkanes of at least 4 members (excludes halogenated alkanes) is 3. The Morgan fingerprint density at radius 2 is 1.14 bits per heavy atom. The van der Waals surface area contributed by atoms with Crippen LogP contribution in [0.3, 0.4) is 0 Å². The van der Waals surface area contributed by atoms with Crippen molar-refractivity contribution in [2.45, 2.75) is 177 Å². The number of hydrogen-bond donors (Lipinski definition) is 6. The van der Waals surface area contributed by atoms with Crippen molar-refractivity contribution in [3.63, 3.8) is 0 Å². The van der Waals surface area contributed by atoms with E-state index >= 15 is 0 Å². The van der Waals surface area contributed by atoms with E-state index in [1.807, 2.05) is 65.8 Å². The Bertz CT molecular complexity index is 3630. The van der Waals surface area contributed by atoms with Crippen LogP contribution < -0.4 is 46.7 Å². The van der Waals surface area contributed by atoms with Gasteiger partial charge in [-0.2, -0.15) is 0 Å². The first-order chi connectivity index (χ1) is 45.9. The topological polar surface area (TPSA) is 326 Å². The van der Waals surface area contributed by atoms with E-state index in [0.717, 1.165) is 71.0 Å². The maximum atomic E-state index is 14.6. The monoisotopic (exact) mass is 1390 g/mol. The highest BCUT2D eigenvalue weighted by molar-refractivity contribution is 7.93. The van der Waals surface area contributed by atoms with Gasteiger partial charge in [-0.1, -0.05) is 65.8 Å². The minimum absolute atomic E-state index is 0.0150. The first-order valence-electron chi connectivity index (χ1n) is 34.5. The number of nitrogens with zero attached hydrogens (tertiary/aromatic N) is 4. The van der Waals surface area contributed by atoms with E-state index in [2.05, 4.69) is 105 Å². The standard InChI is InChI=1S/C71H106N10O14S2/c1-12-78(13-2)52-30-32-56-61(45-52)95-62-46-53(79(14-3)15-4)31-33-57(62)67(56)54-24-16-17-25-55(54)71(89)81-39-37-80(38-40-81)66(85)29-19-18-27-65(84)76-60(47-97(92,93)94)68(86)73-36-23-20-26-63(82)72-35-22-21-28-64(83)75-58(43-49(7)8)70(88)77-59(44-50(9)10)69(87)74-51(42-48(5)6)34-41-96(11,90)91/h16-17,24-25,30-34,41,45-46,48-51,58-60H,12-15,18-23,26-29,35-40,42-44,47H2,1-11H3,(H6-,72,73,74,75,76,77,82,83,84,86,87,88,92,93,94)/b41-34+/t51-,58+,59+,60+/m1/s1. The number of rotatable bonds is 39. The number of piperazine rings is 1. The van der Waals surface area contributed by atoms with Gasteiger partial charge in [0.2, 0.25) is 46.7 Å². The summed E-state index contributed by atoms with van der Waals surface area (Å²) < 4.78 is 68.0. The Kier molecular flexibility index (Phi) is 32.2. The Hall–Kier alpha value is -7.71. The van der Waals surface area contributed by atoms with Crippen LogP contribution in [0.2, 0.25) is 0 Å². The molecule has 5 rings (SSSR count). The molecule has 1 saturated heterocycles. The zero-order valence-corrected chi connectivity index (χ0v) is 60.4. The Morgan fingerprint density at radius 3 is 1.73 bits per heavy atom. The third-order valence-corrected chi connectivity index (χ3v) is 18.3. The van der Waals surface area contributed by atoms with Crippen molar-refractivity contribution in [1.29, 1.82) is 0 Å². The van der Waals surface area contributed by atoms with Gasteiger partial charge in [-0.15, -0.1) is 0 Å². The van der Waals surface area contributed by atoms with Crippen LogP contribution in [0.25, 0.3) is 33.4 Å². The number of sulfone groups is 1. The molecule has 2 aromatic carbocycles. The van der Waals surface area contributed by atoms with Gasteiger partial charge >= 0.3 is 0 Å². The number of nitrogens with one attached hydrogen (secondary N) is 6. The van der Waals surface area contributed by atoms with Crippen molar-refractivity contribution in [2.75, 3.05) is 82.4 Å². The predicted octanol–water partition coefficient (Wildman–Crippen LogP) is 6.46. The number of fused-ring (bicyclic) bond motifs is 2. The van der Waals surface area contributed by atoms with E-state index in [0.29, 0.717) is 94.5 Å². The average Bonchev–Trinajstić information content (AvgIpc) is 0.745. The summed E-state index contributed by atoms with van der Waals surface area (Å²) in [5.74, 6) is -3.81. The summed E-state index contributed by atoms with van der Waals surface area (Å²) in [5, 5.41) is 19.2. The van der Waals surface area contributed by atoms with Crippen LogP contribution in [0.5, 0.6) is 0 Å². The summed E-state index contributed by atoms with van der Waals surface area (Å²) in [6, 6.07) is 15.9. The molecule has 0 unspecified atom stereocenters. The summed E-state index contributed by atoms with van der Waals surface area (Å²) in [6.07, 6.45) is 5.73. The lowest BCUT2D eigenvalue weighted by Crippen LogP contribution is -2.55. The fourth-order valence-electron chi connectivity index (χ4n) is 12.0. The second-order valence-electron chi connectivity index (χ2n) is 26.4. The van der Waals surface area contributed by atoms with Crippen LogP contribution in [0.15, 0.2) is 76.6 Å². The van der Waals surface area contributed by atoms with E-state index in [9.17, 15) is 59.7 Å². The third kappa shape index (κ3) is 26.6. The number of carbonyl (C=O) groups is 8. The summed E-state index contributed by atoms with van der Waals surface area (Å²) in [6.45, 7) is 24.8. The minimum atomic E-state index is -4.95. The highest BCUT2D eigenvalue weighted by Crippen LogP contribution is 2.42. The number of carbonyl (C=O) groups excluding carboxylic acids is 8. The van der Waals surface area contributed by atoms with Crippen LogP contribution >= 0.6 is 0 Å². The molecule has 8 amide bonds. The molecule has 2 heterocycles. The van der Waals surface area contributed by atoms with Gasteiger partial charge < -0.3 is 55.6 Å².